The molecule has 0 aliphatic heterocycles. The highest BCUT2D eigenvalue weighted by molar-refractivity contribution is 5.34. The third-order valence-electron chi connectivity index (χ3n) is 2.93. The highest BCUT2D eigenvalue weighted by atomic mass is 16.5. The largest absolute Gasteiger partial charge is 0.496 e. The molecule has 0 saturated heterocycles. The van der Waals surface area contributed by atoms with Crippen molar-refractivity contribution >= 4 is 0 Å². The third kappa shape index (κ3) is 2.84. The number of hydrogen-bond donors (Lipinski definition) is 1. The summed E-state index contributed by atoms with van der Waals surface area (Å²) in [6, 6.07) is 10.1. The van der Waals surface area contributed by atoms with Gasteiger partial charge in [-0.1, -0.05) is 18.2 Å². The number of aromatic nitrogens is 2. The predicted octanol–water partition coefficient (Wildman–Crippen LogP) is 1.99. The van der Waals surface area contributed by atoms with E-state index < -0.39 is 0 Å². The van der Waals surface area contributed by atoms with Crippen LogP contribution < -0.4 is 10.1 Å². The number of likely N-dealkylation sites (N-methyl/N-ethyl adjacent to an activating group) is 1. The van der Waals surface area contributed by atoms with Gasteiger partial charge in [0.15, 0.2) is 0 Å². The number of para-hydroxylation sites is 1. The summed E-state index contributed by atoms with van der Waals surface area (Å²) in [7, 11) is 3.63. The van der Waals surface area contributed by atoms with E-state index in [9.17, 15) is 0 Å². The zero-order valence-corrected chi connectivity index (χ0v) is 10.6. The molecule has 4 nitrogen and oxygen atoms in total. The molecule has 4 heteroatoms. The van der Waals surface area contributed by atoms with E-state index in [1.165, 1.54) is 0 Å². The predicted molar refractivity (Wildman–Crippen MR) is 70.5 cm³/mol. The summed E-state index contributed by atoms with van der Waals surface area (Å²) in [6.45, 7) is 0. The first-order valence-electron chi connectivity index (χ1n) is 5.90. The molecule has 1 aromatic carbocycles. The number of benzene rings is 1. The molecule has 1 unspecified atom stereocenters. The van der Waals surface area contributed by atoms with Crippen LogP contribution in [0.4, 0.5) is 0 Å². The van der Waals surface area contributed by atoms with Gasteiger partial charge in [-0.2, -0.15) is 0 Å². The molecule has 0 saturated carbocycles. The Bertz CT molecular complexity index is 487. The van der Waals surface area contributed by atoms with Crippen LogP contribution in [0.1, 0.15) is 17.3 Å². The van der Waals surface area contributed by atoms with E-state index in [1.807, 2.05) is 31.3 Å². The first kappa shape index (κ1) is 12.5. The SMILES string of the molecule is CNC(Cc1ccccc1OC)c1ccncn1. The van der Waals surface area contributed by atoms with Crippen LogP contribution in [-0.4, -0.2) is 24.1 Å². The summed E-state index contributed by atoms with van der Waals surface area (Å²) >= 11 is 0. The van der Waals surface area contributed by atoms with Gasteiger partial charge in [0.25, 0.3) is 0 Å². The molecule has 1 heterocycles. The van der Waals surface area contributed by atoms with Crippen LogP contribution in [0.15, 0.2) is 42.9 Å². The molecule has 1 N–H and O–H groups in total. The zero-order valence-electron chi connectivity index (χ0n) is 10.6. The van der Waals surface area contributed by atoms with Crippen LogP contribution in [0.2, 0.25) is 0 Å². The number of hydrogen-bond acceptors (Lipinski definition) is 4. The first-order chi connectivity index (χ1) is 8.85. The number of nitrogens with one attached hydrogen (secondary N) is 1. The Hall–Kier alpha value is -1.94. The summed E-state index contributed by atoms with van der Waals surface area (Å²) in [5.74, 6) is 0.909. The quantitative estimate of drug-likeness (QED) is 0.872. The first-order valence-corrected chi connectivity index (χ1v) is 5.90. The molecule has 0 aliphatic rings. The van der Waals surface area contributed by atoms with Gasteiger partial charge in [-0.05, 0) is 31.2 Å². The van der Waals surface area contributed by atoms with Crippen LogP contribution in [0.5, 0.6) is 5.75 Å². The van der Waals surface area contributed by atoms with Crippen LogP contribution in [-0.2, 0) is 6.42 Å². The van der Waals surface area contributed by atoms with E-state index in [2.05, 4.69) is 21.4 Å². The van der Waals surface area contributed by atoms with Gasteiger partial charge in [-0.15, -0.1) is 0 Å². The van der Waals surface area contributed by atoms with Gasteiger partial charge in [0, 0.05) is 6.20 Å². The molecule has 18 heavy (non-hydrogen) atoms. The van der Waals surface area contributed by atoms with Crippen molar-refractivity contribution in [2.45, 2.75) is 12.5 Å². The fourth-order valence-corrected chi connectivity index (χ4v) is 1.95. The van der Waals surface area contributed by atoms with Gasteiger partial charge >= 0.3 is 0 Å². The minimum absolute atomic E-state index is 0.157. The monoisotopic (exact) mass is 243 g/mol. The van der Waals surface area contributed by atoms with Crippen molar-refractivity contribution in [2.24, 2.45) is 0 Å². The van der Waals surface area contributed by atoms with Crippen LogP contribution >= 0.6 is 0 Å². The van der Waals surface area contributed by atoms with E-state index in [0.717, 1.165) is 23.4 Å². The fourth-order valence-electron chi connectivity index (χ4n) is 1.95. The average molecular weight is 243 g/mol. The van der Waals surface area contributed by atoms with Crippen molar-refractivity contribution in [3.05, 3.63) is 54.1 Å². The Morgan fingerprint density at radius 2 is 2.11 bits per heavy atom. The van der Waals surface area contributed by atoms with Crippen LogP contribution in [0, 0.1) is 0 Å². The maximum atomic E-state index is 5.37. The lowest BCUT2D eigenvalue weighted by Crippen LogP contribution is -2.20. The molecular formula is C14H17N3O. The maximum Gasteiger partial charge on any atom is 0.122 e. The van der Waals surface area contributed by atoms with Crippen LogP contribution in [0.3, 0.4) is 0 Å². The molecular weight excluding hydrogens is 226 g/mol. The van der Waals surface area contributed by atoms with Crippen molar-refractivity contribution in [1.82, 2.24) is 15.3 Å². The van der Waals surface area contributed by atoms with E-state index in [1.54, 1.807) is 19.6 Å². The summed E-state index contributed by atoms with van der Waals surface area (Å²) < 4.78 is 5.37. The normalized spacial score (nSPS) is 12.1. The second-order valence-corrected chi connectivity index (χ2v) is 3.99. The second kappa shape index (κ2) is 6.12. The van der Waals surface area contributed by atoms with Gasteiger partial charge in [0.1, 0.15) is 12.1 Å². The number of methoxy groups -OCH3 is 1. The molecule has 0 amide bonds. The summed E-state index contributed by atoms with van der Waals surface area (Å²) in [5.41, 5.74) is 2.15. The number of rotatable bonds is 5. The van der Waals surface area contributed by atoms with Gasteiger partial charge in [-0.3, -0.25) is 0 Å². The topological polar surface area (TPSA) is 47.0 Å². The van der Waals surface area contributed by atoms with E-state index >= 15 is 0 Å². The Labute approximate surface area is 107 Å². The maximum absolute atomic E-state index is 5.37. The molecule has 1 atom stereocenters. The molecule has 2 aromatic rings. The number of ether oxygens (including phenoxy) is 1. The average Bonchev–Trinajstić information content (AvgIpc) is 2.46. The Balaban J connectivity index is 2.21. The molecule has 0 bridgehead atoms. The summed E-state index contributed by atoms with van der Waals surface area (Å²) in [5, 5.41) is 3.27. The van der Waals surface area contributed by atoms with Crippen molar-refractivity contribution in [3.63, 3.8) is 0 Å². The summed E-state index contributed by atoms with van der Waals surface area (Å²) in [4.78, 5) is 8.23. The molecule has 1 aromatic heterocycles. The smallest absolute Gasteiger partial charge is 0.122 e. The van der Waals surface area contributed by atoms with E-state index in [4.69, 9.17) is 4.74 Å². The molecule has 2 rings (SSSR count). The Kier molecular flexibility index (Phi) is 4.25. The standard InChI is InChI=1S/C14H17N3O/c1-15-13(12-7-8-16-10-17-12)9-11-5-3-4-6-14(11)18-2/h3-8,10,13,15H,9H2,1-2H3. The molecule has 94 valence electrons. The lowest BCUT2D eigenvalue weighted by Gasteiger charge is -2.17. The highest BCUT2D eigenvalue weighted by Gasteiger charge is 2.13. The second-order valence-electron chi connectivity index (χ2n) is 3.99. The van der Waals surface area contributed by atoms with Gasteiger partial charge in [-0.25, -0.2) is 9.97 Å². The highest BCUT2D eigenvalue weighted by Crippen LogP contribution is 2.23. The minimum atomic E-state index is 0.157. The zero-order chi connectivity index (χ0) is 12.8. The number of nitrogens with zero attached hydrogens (tertiary/aromatic N) is 2. The summed E-state index contributed by atoms with van der Waals surface area (Å²) in [6.07, 6.45) is 4.16. The van der Waals surface area contributed by atoms with Gasteiger partial charge < -0.3 is 10.1 Å². The lowest BCUT2D eigenvalue weighted by molar-refractivity contribution is 0.406. The lowest BCUT2D eigenvalue weighted by atomic mass is 10.0. The van der Waals surface area contributed by atoms with Crippen molar-refractivity contribution in [1.29, 1.82) is 0 Å². The van der Waals surface area contributed by atoms with Crippen molar-refractivity contribution < 1.29 is 4.74 Å². The van der Waals surface area contributed by atoms with Gasteiger partial charge in [0.2, 0.25) is 0 Å². The van der Waals surface area contributed by atoms with E-state index in [-0.39, 0.29) is 6.04 Å². The molecule has 0 fully saturated rings. The van der Waals surface area contributed by atoms with E-state index in [0.29, 0.717) is 0 Å². The fraction of sp³-hybridized carbons (Fsp3) is 0.286. The minimum Gasteiger partial charge on any atom is -0.496 e. The Morgan fingerprint density at radius 3 is 2.78 bits per heavy atom. The van der Waals surface area contributed by atoms with Crippen molar-refractivity contribution in [2.75, 3.05) is 14.2 Å². The Morgan fingerprint density at radius 1 is 1.28 bits per heavy atom. The van der Waals surface area contributed by atoms with Crippen LogP contribution in [0.25, 0.3) is 0 Å². The molecule has 0 aliphatic carbocycles. The van der Waals surface area contributed by atoms with Gasteiger partial charge in [0.05, 0.1) is 18.8 Å². The molecule has 0 spiro atoms. The molecule has 0 radical (unpaired) electrons. The van der Waals surface area contributed by atoms with Crippen molar-refractivity contribution in [3.8, 4) is 5.75 Å². The third-order valence-corrected chi connectivity index (χ3v) is 2.93.